The third kappa shape index (κ3) is 2.53. The molecule has 5 heteroatoms. The third-order valence-electron chi connectivity index (χ3n) is 3.66. The minimum atomic E-state index is -2.87. The van der Waals surface area contributed by atoms with Crippen LogP contribution in [0.3, 0.4) is 0 Å². The lowest BCUT2D eigenvalue weighted by Gasteiger charge is -2.08. The molecule has 0 heterocycles. The summed E-state index contributed by atoms with van der Waals surface area (Å²) in [6, 6.07) is -0.0168. The number of carbonyl (C=O) groups excluding carboxylic acids is 1. The minimum absolute atomic E-state index is 0.0168. The van der Waals surface area contributed by atoms with Crippen LogP contribution < -0.4 is 0 Å². The quantitative estimate of drug-likeness (QED) is 0.552. The van der Waals surface area contributed by atoms with Crippen LogP contribution in [0.2, 0.25) is 0 Å². The van der Waals surface area contributed by atoms with Crippen molar-refractivity contribution in [2.75, 3.05) is 5.75 Å². The maximum Gasteiger partial charge on any atom is 0.235 e. The summed E-state index contributed by atoms with van der Waals surface area (Å²) in [4.78, 5) is 14.0. The fourth-order valence-corrected chi connectivity index (χ4v) is 4.68. The SMILES string of the molecule is CC1CC(CS(=O)(=O)C2CC2)CC1N=C=O. The molecule has 0 spiro atoms. The van der Waals surface area contributed by atoms with Gasteiger partial charge in [-0.1, -0.05) is 6.92 Å². The molecule has 0 aromatic carbocycles. The second-order valence-electron chi connectivity index (χ2n) is 5.13. The summed E-state index contributed by atoms with van der Waals surface area (Å²) in [6.07, 6.45) is 4.84. The Labute approximate surface area is 96.1 Å². The molecule has 2 aliphatic rings. The molecule has 0 aromatic rings. The Morgan fingerprint density at radius 2 is 2.00 bits per heavy atom. The molecule has 0 saturated heterocycles. The van der Waals surface area contributed by atoms with Gasteiger partial charge in [0, 0.05) is 0 Å². The van der Waals surface area contributed by atoms with Gasteiger partial charge in [0.25, 0.3) is 0 Å². The Hall–Kier alpha value is -0.670. The molecule has 2 rings (SSSR count). The first-order chi connectivity index (χ1) is 7.53. The van der Waals surface area contributed by atoms with Gasteiger partial charge in [0.15, 0.2) is 9.84 Å². The van der Waals surface area contributed by atoms with E-state index in [9.17, 15) is 13.2 Å². The highest BCUT2D eigenvalue weighted by atomic mass is 32.2. The van der Waals surface area contributed by atoms with E-state index >= 15 is 0 Å². The second-order valence-corrected chi connectivity index (χ2v) is 7.46. The molecule has 0 amide bonds. The number of isocyanates is 1. The van der Waals surface area contributed by atoms with Gasteiger partial charge in [-0.25, -0.2) is 18.2 Å². The van der Waals surface area contributed by atoms with Crippen molar-refractivity contribution in [3.05, 3.63) is 0 Å². The topological polar surface area (TPSA) is 63.6 Å². The van der Waals surface area contributed by atoms with Gasteiger partial charge in [-0.15, -0.1) is 0 Å². The molecule has 0 bridgehead atoms. The highest BCUT2D eigenvalue weighted by Crippen LogP contribution is 2.37. The van der Waals surface area contributed by atoms with Crippen molar-refractivity contribution in [1.82, 2.24) is 0 Å². The summed E-state index contributed by atoms with van der Waals surface area (Å²) in [7, 11) is -2.87. The highest BCUT2D eigenvalue weighted by Gasteiger charge is 2.40. The van der Waals surface area contributed by atoms with Crippen molar-refractivity contribution in [3.63, 3.8) is 0 Å². The minimum Gasteiger partial charge on any atom is -0.229 e. The maximum atomic E-state index is 11.8. The number of aliphatic imine (C=N–C) groups is 1. The van der Waals surface area contributed by atoms with E-state index in [0.717, 1.165) is 25.7 Å². The van der Waals surface area contributed by atoms with Crippen molar-refractivity contribution in [3.8, 4) is 0 Å². The van der Waals surface area contributed by atoms with E-state index < -0.39 is 9.84 Å². The van der Waals surface area contributed by atoms with Gasteiger partial charge in [0.05, 0.1) is 17.0 Å². The average Bonchev–Trinajstić information content (AvgIpc) is 2.95. The van der Waals surface area contributed by atoms with Crippen LogP contribution in [0.15, 0.2) is 4.99 Å². The predicted octanol–water partition coefficient (Wildman–Crippen LogP) is 1.31. The molecule has 3 atom stereocenters. The average molecular weight is 243 g/mol. The fraction of sp³-hybridized carbons (Fsp3) is 0.909. The van der Waals surface area contributed by atoms with Crippen LogP contribution >= 0.6 is 0 Å². The summed E-state index contributed by atoms with van der Waals surface area (Å²) in [6.45, 7) is 2.02. The number of hydrogen-bond acceptors (Lipinski definition) is 4. The maximum absolute atomic E-state index is 11.8. The van der Waals surface area contributed by atoms with E-state index in [1.165, 1.54) is 0 Å². The van der Waals surface area contributed by atoms with Crippen molar-refractivity contribution in [1.29, 1.82) is 0 Å². The first-order valence-corrected chi connectivity index (χ1v) is 7.53. The van der Waals surface area contributed by atoms with Gasteiger partial charge in [-0.3, -0.25) is 0 Å². The summed E-state index contributed by atoms with van der Waals surface area (Å²) in [5.74, 6) is 0.774. The normalized spacial score (nSPS) is 34.7. The van der Waals surface area contributed by atoms with Gasteiger partial charge in [0.2, 0.25) is 6.08 Å². The Morgan fingerprint density at radius 3 is 2.56 bits per heavy atom. The molecule has 16 heavy (non-hydrogen) atoms. The molecule has 0 aliphatic heterocycles. The van der Waals surface area contributed by atoms with Gasteiger partial charge in [-0.2, -0.15) is 0 Å². The standard InChI is InChI=1S/C11H17NO3S/c1-8-4-9(5-11(8)12-7-13)6-16(14,15)10-2-3-10/h8-11H,2-6H2,1H3. The molecular weight excluding hydrogens is 226 g/mol. The lowest BCUT2D eigenvalue weighted by Crippen LogP contribution is -2.18. The largest absolute Gasteiger partial charge is 0.235 e. The first-order valence-electron chi connectivity index (χ1n) is 5.81. The molecular formula is C11H17NO3S. The van der Waals surface area contributed by atoms with Crippen LogP contribution in [-0.2, 0) is 14.6 Å². The summed E-state index contributed by atoms with van der Waals surface area (Å²) < 4.78 is 23.6. The number of nitrogens with zero attached hydrogens (tertiary/aromatic N) is 1. The lowest BCUT2D eigenvalue weighted by atomic mass is 10.1. The number of sulfone groups is 1. The van der Waals surface area contributed by atoms with Crippen LogP contribution in [0.4, 0.5) is 0 Å². The Morgan fingerprint density at radius 1 is 1.31 bits per heavy atom. The van der Waals surface area contributed by atoms with Crippen LogP contribution in [0.25, 0.3) is 0 Å². The van der Waals surface area contributed by atoms with E-state index in [4.69, 9.17) is 0 Å². The Kier molecular flexibility index (Phi) is 3.17. The smallest absolute Gasteiger partial charge is 0.229 e. The Balaban J connectivity index is 1.95. The van der Waals surface area contributed by atoms with Gasteiger partial charge in [0.1, 0.15) is 0 Å². The van der Waals surface area contributed by atoms with E-state index in [-0.39, 0.29) is 23.0 Å². The van der Waals surface area contributed by atoms with Crippen molar-refractivity contribution < 1.29 is 13.2 Å². The van der Waals surface area contributed by atoms with Crippen LogP contribution in [0.1, 0.15) is 32.6 Å². The molecule has 0 radical (unpaired) electrons. The van der Waals surface area contributed by atoms with Crippen molar-refractivity contribution in [2.45, 2.75) is 43.9 Å². The molecule has 90 valence electrons. The number of hydrogen-bond donors (Lipinski definition) is 0. The molecule has 4 nitrogen and oxygen atoms in total. The Bertz CT molecular complexity index is 407. The predicted molar refractivity (Wildman–Crippen MR) is 60.6 cm³/mol. The third-order valence-corrected chi connectivity index (χ3v) is 6.08. The van der Waals surface area contributed by atoms with E-state index in [1.54, 1.807) is 6.08 Å². The van der Waals surface area contributed by atoms with Crippen molar-refractivity contribution >= 4 is 15.9 Å². The lowest BCUT2D eigenvalue weighted by molar-refractivity contribution is 0.510. The molecule has 2 aliphatic carbocycles. The molecule has 0 aromatic heterocycles. The van der Waals surface area contributed by atoms with E-state index in [0.29, 0.717) is 5.92 Å². The zero-order valence-corrected chi connectivity index (χ0v) is 10.2. The summed E-state index contributed by atoms with van der Waals surface area (Å²) in [5, 5.41) is -0.0728. The van der Waals surface area contributed by atoms with Gasteiger partial charge >= 0.3 is 0 Å². The second kappa shape index (κ2) is 4.30. The first kappa shape index (κ1) is 11.8. The van der Waals surface area contributed by atoms with Crippen LogP contribution in [-0.4, -0.2) is 31.5 Å². The number of rotatable bonds is 4. The van der Waals surface area contributed by atoms with Crippen LogP contribution in [0, 0.1) is 11.8 Å². The summed E-state index contributed by atoms with van der Waals surface area (Å²) >= 11 is 0. The molecule has 2 fully saturated rings. The molecule has 0 N–H and O–H groups in total. The fourth-order valence-electron chi connectivity index (χ4n) is 2.63. The van der Waals surface area contributed by atoms with Crippen LogP contribution in [0.5, 0.6) is 0 Å². The summed E-state index contributed by atoms with van der Waals surface area (Å²) in [5.41, 5.74) is 0. The molecule has 2 saturated carbocycles. The van der Waals surface area contributed by atoms with Crippen molar-refractivity contribution in [2.24, 2.45) is 16.8 Å². The monoisotopic (exact) mass is 243 g/mol. The highest BCUT2D eigenvalue weighted by molar-refractivity contribution is 7.92. The van der Waals surface area contributed by atoms with Gasteiger partial charge < -0.3 is 0 Å². The zero-order chi connectivity index (χ0) is 11.8. The van der Waals surface area contributed by atoms with E-state index in [1.807, 2.05) is 6.92 Å². The van der Waals surface area contributed by atoms with E-state index in [2.05, 4.69) is 4.99 Å². The molecule has 3 unspecified atom stereocenters. The zero-order valence-electron chi connectivity index (χ0n) is 9.43. The van der Waals surface area contributed by atoms with Gasteiger partial charge in [-0.05, 0) is 37.5 Å².